The zero-order chi connectivity index (χ0) is 18.0. The van der Waals surface area contributed by atoms with Crippen LogP contribution in [-0.4, -0.2) is 74.3 Å². The van der Waals surface area contributed by atoms with Gasteiger partial charge < -0.3 is 5.32 Å². The number of nitrogens with one attached hydrogen (secondary N) is 1. The van der Waals surface area contributed by atoms with Crippen molar-refractivity contribution in [2.45, 2.75) is 19.0 Å². The Kier molecular flexibility index (Phi) is 7.67. The van der Waals surface area contributed by atoms with Crippen LogP contribution in [0.1, 0.15) is 12.0 Å². The van der Waals surface area contributed by atoms with Gasteiger partial charge in [0, 0.05) is 69.5 Å². The molecule has 1 N–H and O–H groups in total. The lowest BCUT2D eigenvalue weighted by Crippen LogP contribution is -2.50. The van der Waals surface area contributed by atoms with Crippen LogP contribution in [0.15, 0.2) is 18.2 Å². The molecule has 1 aromatic rings. The van der Waals surface area contributed by atoms with Crippen molar-refractivity contribution in [3.63, 3.8) is 0 Å². The maximum Gasteiger partial charge on any atom is 0.282 e. The highest BCUT2D eigenvalue weighted by molar-refractivity contribution is 7.86. The fourth-order valence-electron chi connectivity index (χ4n) is 3.45. The number of piperazine rings is 1. The van der Waals surface area contributed by atoms with Crippen LogP contribution in [0, 0.1) is 5.82 Å². The maximum atomic E-state index is 13.9. The molecule has 0 aromatic heterocycles. The Balaban J connectivity index is 0.00000243. The van der Waals surface area contributed by atoms with Gasteiger partial charge >= 0.3 is 0 Å². The van der Waals surface area contributed by atoms with E-state index in [4.69, 9.17) is 11.6 Å². The van der Waals surface area contributed by atoms with Crippen LogP contribution < -0.4 is 5.32 Å². The molecule has 0 aliphatic carbocycles. The lowest BCUT2D eigenvalue weighted by atomic mass is 10.2. The van der Waals surface area contributed by atoms with E-state index in [-0.39, 0.29) is 35.6 Å². The molecule has 2 saturated heterocycles. The first kappa shape index (κ1) is 21.8. The Morgan fingerprint density at radius 2 is 2.00 bits per heavy atom. The first-order valence-electron chi connectivity index (χ1n) is 8.48. The van der Waals surface area contributed by atoms with Gasteiger partial charge in [-0.05, 0) is 18.6 Å². The third-order valence-electron chi connectivity index (χ3n) is 4.96. The minimum absolute atomic E-state index is 0. The summed E-state index contributed by atoms with van der Waals surface area (Å²) < 4.78 is 42.3. The zero-order valence-corrected chi connectivity index (χ0v) is 17.1. The Morgan fingerprint density at radius 3 is 2.65 bits per heavy atom. The van der Waals surface area contributed by atoms with Crippen LogP contribution in [0.5, 0.6) is 0 Å². The number of hydrogen-bond donors (Lipinski definition) is 1. The van der Waals surface area contributed by atoms with Gasteiger partial charge in [0.25, 0.3) is 10.2 Å². The van der Waals surface area contributed by atoms with Gasteiger partial charge in [-0.15, -0.1) is 12.4 Å². The highest BCUT2D eigenvalue weighted by Gasteiger charge is 2.37. The van der Waals surface area contributed by atoms with Gasteiger partial charge in [-0.3, -0.25) is 4.90 Å². The van der Waals surface area contributed by atoms with Gasteiger partial charge in [0.2, 0.25) is 0 Å². The van der Waals surface area contributed by atoms with Gasteiger partial charge in [-0.2, -0.15) is 17.0 Å². The van der Waals surface area contributed by atoms with Gasteiger partial charge in [-0.1, -0.05) is 17.7 Å². The minimum atomic E-state index is -3.64. The molecule has 2 aliphatic rings. The van der Waals surface area contributed by atoms with Gasteiger partial charge in [-0.25, -0.2) is 4.39 Å². The molecule has 3 rings (SSSR count). The number of rotatable bonds is 5. The number of halogens is 3. The van der Waals surface area contributed by atoms with Crippen molar-refractivity contribution < 1.29 is 12.8 Å². The fourth-order valence-corrected chi connectivity index (χ4v) is 5.06. The fraction of sp³-hybridized carbons (Fsp3) is 0.625. The molecule has 2 heterocycles. The second-order valence-corrected chi connectivity index (χ2v) is 8.99. The minimum Gasteiger partial charge on any atom is -0.314 e. The molecule has 26 heavy (non-hydrogen) atoms. The summed E-state index contributed by atoms with van der Waals surface area (Å²) in [5.41, 5.74) is 0.202. The van der Waals surface area contributed by atoms with E-state index in [9.17, 15) is 12.8 Å². The molecule has 0 radical (unpaired) electrons. The Hall–Kier alpha value is -0.480. The Labute approximate surface area is 165 Å². The molecule has 0 amide bonds. The third-order valence-corrected chi connectivity index (χ3v) is 7.21. The molecule has 6 nitrogen and oxygen atoms in total. The van der Waals surface area contributed by atoms with Crippen molar-refractivity contribution >= 4 is 34.2 Å². The predicted octanol–water partition coefficient (Wildman–Crippen LogP) is 1.56. The highest BCUT2D eigenvalue weighted by Crippen LogP contribution is 2.25. The molecular formula is C16H25Cl2FN4O2S. The maximum absolute atomic E-state index is 13.9. The van der Waals surface area contributed by atoms with Crippen LogP contribution in [0.4, 0.5) is 4.39 Å². The average Bonchev–Trinajstić information content (AvgIpc) is 3.10. The molecule has 0 spiro atoms. The average molecular weight is 427 g/mol. The van der Waals surface area contributed by atoms with E-state index in [0.717, 1.165) is 32.6 Å². The van der Waals surface area contributed by atoms with Gasteiger partial charge in [0.05, 0.1) is 0 Å². The number of hydrogen-bond acceptors (Lipinski definition) is 4. The third kappa shape index (κ3) is 4.67. The summed E-state index contributed by atoms with van der Waals surface area (Å²) in [5.74, 6) is -0.491. The van der Waals surface area contributed by atoms with Gasteiger partial charge in [0.15, 0.2) is 0 Å². The van der Waals surface area contributed by atoms with Crippen molar-refractivity contribution in [2.24, 2.45) is 0 Å². The summed E-state index contributed by atoms with van der Waals surface area (Å²) in [7, 11) is -2.17. The summed E-state index contributed by atoms with van der Waals surface area (Å²) in [6, 6.07) is 4.62. The summed E-state index contributed by atoms with van der Waals surface area (Å²) in [6.07, 6.45) is 0.827. The predicted molar refractivity (Wildman–Crippen MR) is 103 cm³/mol. The molecule has 1 atom stereocenters. The summed E-state index contributed by atoms with van der Waals surface area (Å²) >= 11 is 6.02. The van der Waals surface area contributed by atoms with Crippen molar-refractivity contribution in [3.8, 4) is 0 Å². The van der Waals surface area contributed by atoms with Crippen molar-refractivity contribution in [2.75, 3.05) is 46.3 Å². The molecule has 1 aromatic carbocycles. The van der Waals surface area contributed by atoms with E-state index in [1.807, 2.05) is 0 Å². The lowest BCUT2D eigenvalue weighted by Gasteiger charge is -2.32. The largest absolute Gasteiger partial charge is 0.314 e. The smallest absolute Gasteiger partial charge is 0.282 e. The van der Waals surface area contributed by atoms with E-state index in [0.29, 0.717) is 13.1 Å². The molecular weight excluding hydrogens is 402 g/mol. The van der Waals surface area contributed by atoms with Gasteiger partial charge in [0.1, 0.15) is 5.82 Å². The molecule has 0 saturated carbocycles. The van der Waals surface area contributed by atoms with Crippen LogP contribution in [0.2, 0.25) is 5.02 Å². The Morgan fingerprint density at radius 1 is 1.31 bits per heavy atom. The van der Waals surface area contributed by atoms with Crippen LogP contribution in [0.3, 0.4) is 0 Å². The lowest BCUT2D eigenvalue weighted by molar-refractivity contribution is 0.179. The van der Waals surface area contributed by atoms with E-state index in [1.165, 1.54) is 27.8 Å². The van der Waals surface area contributed by atoms with E-state index >= 15 is 0 Å². The highest BCUT2D eigenvalue weighted by atomic mass is 35.5. The van der Waals surface area contributed by atoms with Crippen molar-refractivity contribution in [1.82, 2.24) is 18.8 Å². The van der Waals surface area contributed by atoms with Crippen molar-refractivity contribution in [3.05, 3.63) is 34.6 Å². The standard InChI is InChI=1S/C16H24ClFN4O2S.ClH/c1-20(12-14-15(17)3-2-4-16(14)18)25(23,24)22-8-5-13(11-22)21-9-6-19-7-10-21;/h2-4,13,19H,5-12H2,1H3;1H. The topological polar surface area (TPSA) is 55.9 Å². The van der Waals surface area contributed by atoms with E-state index < -0.39 is 16.0 Å². The number of nitrogens with zero attached hydrogens (tertiary/aromatic N) is 3. The monoisotopic (exact) mass is 426 g/mol. The first-order valence-corrected chi connectivity index (χ1v) is 10.3. The van der Waals surface area contributed by atoms with Crippen molar-refractivity contribution in [1.29, 1.82) is 0 Å². The van der Waals surface area contributed by atoms with Crippen LogP contribution >= 0.6 is 24.0 Å². The first-order chi connectivity index (χ1) is 11.9. The molecule has 1 unspecified atom stereocenters. The van der Waals surface area contributed by atoms with E-state index in [2.05, 4.69) is 10.2 Å². The normalized spacial score (nSPS) is 22.5. The molecule has 0 bridgehead atoms. The molecule has 2 fully saturated rings. The summed E-state index contributed by atoms with van der Waals surface area (Å²) in [5, 5.41) is 3.54. The summed E-state index contributed by atoms with van der Waals surface area (Å²) in [6.45, 7) is 4.66. The second-order valence-electron chi connectivity index (χ2n) is 6.55. The molecule has 148 valence electrons. The van der Waals surface area contributed by atoms with Crippen LogP contribution in [-0.2, 0) is 16.8 Å². The van der Waals surface area contributed by atoms with E-state index in [1.54, 1.807) is 6.07 Å². The SMILES string of the molecule is CN(Cc1c(F)cccc1Cl)S(=O)(=O)N1CCC(N2CCNCC2)C1.Cl. The summed E-state index contributed by atoms with van der Waals surface area (Å²) in [4.78, 5) is 2.35. The Bertz CT molecular complexity index is 696. The molecule has 2 aliphatic heterocycles. The zero-order valence-electron chi connectivity index (χ0n) is 14.7. The second kappa shape index (κ2) is 9.14. The number of benzene rings is 1. The molecule has 10 heteroatoms. The quantitative estimate of drug-likeness (QED) is 0.775. The van der Waals surface area contributed by atoms with Crippen LogP contribution in [0.25, 0.3) is 0 Å².